The quantitative estimate of drug-likeness (QED) is 0.102. The first-order chi connectivity index (χ1) is 19.9. The Morgan fingerprint density at radius 2 is 1.90 bits per heavy atom. The molecule has 4 aromatic carbocycles. The van der Waals surface area contributed by atoms with Crippen molar-refractivity contribution >= 4 is 61.3 Å². The second-order valence-corrected chi connectivity index (χ2v) is 10.3. The fourth-order valence-electron chi connectivity index (χ4n) is 4.27. The zero-order chi connectivity index (χ0) is 28.5. The minimum absolute atomic E-state index is 0.000891. The summed E-state index contributed by atoms with van der Waals surface area (Å²) >= 11 is 9.65. The van der Waals surface area contributed by atoms with Crippen molar-refractivity contribution in [2.24, 2.45) is 5.10 Å². The molecular formula is C30H18BrClN4O5. The Kier molecular flexibility index (Phi) is 7.08. The normalized spacial score (nSPS) is 11.5. The fourth-order valence-corrected chi connectivity index (χ4v) is 4.97. The lowest BCUT2D eigenvalue weighted by Gasteiger charge is -2.09. The number of benzene rings is 4. The van der Waals surface area contributed by atoms with Gasteiger partial charge in [0.15, 0.2) is 5.76 Å². The van der Waals surface area contributed by atoms with Crippen molar-refractivity contribution < 1.29 is 14.1 Å². The number of non-ortho nitro benzene ring substituents is 1. The number of halogens is 2. The van der Waals surface area contributed by atoms with Gasteiger partial charge in [-0.05, 0) is 81.7 Å². The van der Waals surface area contributed by atoms with Gasteiger partial charge in [0.1, 0.15) is 17.9 Å². The summed E-state index contributed by atoms with van der Waals surface area (Å²) in [5, 5.41) is 17.3. The second kappa shape index (κ2) is 11.0. The first-order valence-electron chi connectivity index (χ1n) is 12.3. The number of para-hydroxylation sites is 1. The predicted octanol–water partition coefficient (Wildman–Crippen LogP) is 7.60. The lowest BCUT2D eigenvalue weighted by Crippen LogP contribution is -2.20. The summed E-state index contributed by atoms with van der Waals surface area (Å²) in [4.78, 5) is 28.8. The van der Waals surface area contributed by atoms with Gasteiger partial charge >= 0.3 is 0 Å². The summed E-state index contributed by atoms with van der Waals surface area (Å²) < 4.78 is 13.7. The molecule has 6 aromatic rings. The van der Waals surface area contributed by atoms with Crippen molar-refractivity contribution in [3.63, 3.8) is 0 Å². The van der Waals surface area contributed by atoms with Crippen LogP contribution in [0.25, 0.3) is 33.5 Å². The van der Waals surface area contributed by atoms with E-state index >= 15 is 0 Å². The van der Waals surface area contributed by atoms with E-state index in [4.69, 9.17) is 20.8 Å². The van der Waals surface area contributed by atoms with Crippen LogP contribution < -0.4 is 10.3 Å². The summed E-state index contributed by atoms with van der Waals surface area (Å²) in [5.41, 5.74) is 2.12. The molecule has 0 aliphatic carbocycles. The SMILES string of the molecule is O=c1c2ccccc2nc(-c2cc3cc(Cl)ccc3o2)n1N=Cc1ccc(OCc2cccc([N+](=O)[O-])c2)c(Br)c1. The number of furan rings is 1. The third-order valence-corrected chi connectivity index (χ3v) is 7.10. The summed E-state index contributed by atoms with van der Waals surface area (Å²) in [5.74, 6) is 1.15. The monoisotopic (exact) mass is 628 g/mol. The molecule has 0 unspecified atom stereocenters. The molecule has 9 nitrogen and oxygen atoms in total. The number of hydrogen-bond donors (Lipinski definition) is 0. The van der Waals surface area contributed by atoms with Crippen molar-refractivity contribution in [1.82, 2.24) is 9.66 Å². The Balaban J connectivity index is 1.32. The van der Waals surface area contributed by atoms with Crippen molar-refractivity contribution in [3.8, 4) is 17.3 Å². The predicted molar refractivity (Wildman–Crippen MR) is 161 cm³/mol. The van der Waals surface area contributed by atoms with Crippen LogP contribution >= 0.6 is 27.5 Å². The molecule has 0 aliphatic heterocycles. The first-order valence-corrected chi connectivity index (χ1v) is 13.4. The van der Waals surface area contributed by atoms with E-state index in [1.807, 2.05) is 6.07 Å². The van der Waals surface area contributed by atoms with Crippen LogP contribution in [0, 0.1) is 10.1 Å². The van der Waals surface area contributed by atoms with Crippen LogP contribution in [0.5, 0.6) is 5.75 Å². The van der Waals surface area contributed by atoms with Gasteiger partial charge in [0, 0.05) is 22.5 Å². The number of fused-ring (bicyclic) bond motifs is 2. The van der Waals surface area contributed by atoms with E-state index in [0.29, 0.717) is 48.6 Å². The van der Waals surface area contributed by atoms with Crippen LogP contribution in [0.1, 0.15) is 11.1 Å². The van der Waals surface area contributed by atoms with Crippen LogP contribution in [-0.4, -0.2) is 20.8 Å². The summed E-state index contributed by atoms with van der Waals surface area (Å²) in [6, 6.07) is 25.6. The average molecular weight is 630 g/mol. The molecule has 0 spiro atoms. The Morgan fingerprint density at radius 1 is 1.05 bits per heavy atom. The summed E-state index contributed by atoms with van der Waals surface area (Å²) in [6.45, 7) is 0.151. The van der Waals surface area contributed by atoms with Crippen LogP contribution in [0.3, 0.4) is 0 Å². The van der Waals surface area contributed by atoms with E-state index in [0.717, 1.165) is 5.39 Å². The van der Waals surface area contributed by atoms with E-state index in [9.17, 15) is 14.9 Å². The lowest BCUT2D eigenvalue weighted by atomic mass is 10.2. The molecule has 0 atom stereocenters. The van der Waals surface area contributed by atoms with E-state index in [-0.39, 0.29) is 23.7 Å². The number of ether oxygens (including phenoxy) is 1. The van der Waals surface area contributed by atoms with Gasteiger partial charge in [-0.15, -0.1) is 0 Å². The molecule has 0 radical (unpaired) electrons. The van der Waals surface area contributed by atoms with Crippen molar-refractivity contribution in [1.29, 1.82) is 0 Å². The maximum absolute atomic E-state index is 13.5. The van der Waals surface area contributed by atoms with Crippen molar-refractivity contribution in [2.75, 3.05) is 0 Å². The average Bonchev–Trinajstić information content (AvgIpc) is 3.39. The molecular weight excluding hydrogens is 612 g/mol. The van der Waals surface area contributed by atoms with Gasteiger partial charge in [0.05, 0.1) is 26.5 Å². The third-order valence-electron chi connectivity index (χ3n) is 6.25. The standard InChI is InChI=1S/C30H18BrClN4O5/c31-24-13-18(8-10-27(24)40-17-19-4-3-5-22(12-19)36(38)39)16-33-35-29(34-25-7-2-1-6-23(25)30(35)37)28-15-20-14-21(32)9-11-26(20)41-28/h1-16H,17H2. The maximum atomic E-state index is 13.5. The summed E-state index contributed by atoms with van der Waals surface area (Å²) in [6.07, 6.45) is 1.54. The van der Waals surface area contributed by atoms with Gasteiger partial charge in [-0.3, -0.25) is 14.9 Å². The molecule has 2 aromatic heterocycles. The Labute approximate surface area is 245 Å². The number of rotatable bonds is 7. The van der Waals surface area contributed by atoms with Crippen LogP contribution in [0.4, 0.5) is 5.69 Å². The number of nitro groups is 1. The van der Waals surface area contributed by atoms with Gasteiger partial charge in [0.2, 0.25) is 5.82 Å². The summed E-state index contributed by atoms with van der Waals surface area (Å²) in [7, 11) is 0. The molecule has 0 bridgehead atoms. The molecule has 0 saturated carbocycles. The van der Waals surface area contributed by atoms with E-state index < -0.39 is 4.92 Å². The molecule has 2 heterocycles. The minimum Gasteiger partial charge on any atom is -0.488 e. The third kappa shape index (κ3) is 5.47. The van der Waals surface area contributed by atoms with Crippen molar-refractivity contribution in [2.45, 2.75) is 6.61 Å². The largest absolute Gasteiger partial charge is 0.488 e. The molecule has 11 heteroatoms. The minimum atomic E-state index is -0.445. The number of nitro benzene ring substituents is 1. The molecule has 0 N–H and O–H groups in total. The maximum Gasteiger partial charge on any atom is 0.282 e. The number of nitrogens with zero attached hydrogens (tertiary/aromatic N) is 4. The molecule has 0 fully saturated rings. The van der Waals surface area contributed by atoms with Crippen LogP contribution in [0.15, 0.2) is 110 Å². The fraction of sp³-hybridized carbons (Fsp3) is 0.0333. The van der Waals surface area contributed by atoms with Crippen molar-refractivity contribution in [3.05, 3.63) is 132 Å². The van der Waals surface area contributed by atoms with E-state index in [1.165, 1.54) is 23.0 Å². The molecule has 0 saturated heterocycles. The van der Waals surface area contributed by atoms with Gasteiger partial charge in [-0.2, -0.15) is 9.78 Å². The highest BCUT2D eigenvalue weighted by molar-refractivity contribution is 9.10. The molecule has 6 rings (SSSR count). The van der Waals surface area contributed by atoms with Crippen LogP contribution in [0.2, 0.25) is 5.02 Å². The first kappa shape index (κ1) is 26.4. The highest BCUT2D eigenvalue weighted by Gasteiger charge is 2.17. The van der Waals surface area contributed by atoms with Gasteiger partial charge in [-0.1, -0.05) is 35.9 Å². The zero-order valence-electron chi connectivity index (χ0n) is 21.0. The molecule has 0 amide bonds. The smallest absolute Gasteiger partial charge is 0.282 e. The molecule has 0 aliphatic rings. The Bertz CT molecular complexity index is 2050. The van der Waals surface area contributed by atoms with E-state index in [1.54, 1.807) is 72.8 Å². The second-order valence-electron chi connectivity index (χ2n) is 9.01. The van der Waals surface area contributed by atoms with E-state index in [2.05, 4.69) is 26.0 Å². The topological polar surface area (TPSA) is 113 Å². The number of aromatic nitrogens is 2. The van der Waals surface area contributed by atoms with Gasteiger partial charge in [0.25, 0.3) is 11.2 Å². The van der Waals surface area contributed by atoms with Gasteiger partial charge < -0.3 is 9.15 Å². The zero-order valence-corrected chi connectivity index (χ0v) is 23.4. The van der Waals surface area contributed by atoms with Gasteiger partial charge in [-0.25, -0.2) is 4.98 Å². The lowest BCUT2D eigenvalue weighted by molar-refractivity contribution is -0.384. The molecule has 202 valence electrons. The molecule has 41 heavy (non-hydrogen) atoms. The highest BCUT2D eigenvalue weighted by atomic mass is 79.9. The van der Waals surface area contributed by atoms with Crippen LogP contribution in [-0.2, 0) is 6.61 Å². The highest BCUT2D eigenvalue weighted by Crippen LogP contribution is 2.30. The Hall–Kier alpha value is -4.80. The number of hydrogen-bond acceptors (Lipinski definition) is 7. The Morgan fingerprint density at radius 3 is 2.73 bits per heavy atom.